The minimum atomic E-state index is 0.0460. The standard InChI is InChI=1S/C20H15NOSe2/c22-20-18-8-4-5-9-19(18)24-21(20)16-10-12-17(13-11-16)23-14-15-6-2-1-3-7-15/h1-13H,14H2. The molecule has 0 atom stereocenters. The van der Waals surface area contributed by atoms with Crippen LogP contribution in [0, 0.1) is 0 Å². The van der Waals surface area contributed by atoms with Gasteiger partial charge in [0.05, 0.1) is 0 Å². The first kappa shape index (κ1) is 15.7. The molecule has 4 heteroatoms. The summed E-state index contributed by atoms with van der Waals surface area (Å²) in [6.07, 6.45) is 0. The van der Waals surface area contributed by atoms with Crippen LogP contribution < -0.4 is 10.0 Å². The zero-order valence-electron chi connectivity index (χ0n) is 12.9. The van der Waals surface area contributed by atoms with Gasteiger partial charge >= 0.3 is 153 Å². The molecule has 3 aromatic carbocycles. The summed E-state index contributed by atoms with van der Waals surface area (Å²) in [4.78, 5) is 12.5. The first-order valence-corrected chi connectivity index (χ1v) is 11.4. The van der Waals surface area contributed by atoms with E-state index >= 15 is 0 Å². The molecule has 4 rings (SSSR count). The molecule has 1 aromatic heterocycles. The molecule has 0 unspecified atom stereocenters. The SMILES string of the molecule is O=c1c2ccccc2[se]n1-c1ccc([Se]Cc2ccccc2)cc1. The Morgan fingerprint density at radius 1 is 0.833 bits per heavy atom. The Morgan fingerprint density at radius 3 is 2.29 bits per heavy atom. The second-order valence-corrected chi connectivity index (χ2v) is 9.73. The molecule has 0 fully saturated rings. The van der Waals surface area contributed by atoms with Crippen molar-refractivity contribution in [2.45, 2.75) is 5.32 Å². The zero-order valence-corrected chi connectivity index (χ0v) is 16.3. The summed E-state index contributed by atoms with van der Waals surface area (Å²) in [7, 11) is 0. The van der Waals surface area contributed by atoms with Gasteiger partial charge < -0.3 is 0 Å². The van der Waals surface area contributed by atoms with Crippen molar-refractivity contribution in [3.8, 4) is 5.69 Å². The maximum atomic E-state index is 12.5. The van der Waals surface area contributed by atoms with Gasteiger partial charge in [-0.2, -0.15) is 0 Å². The monoisotopic (exact) mass is 445 g/mol. The second-order valence-electron chi connectivity index (χ2n) is 5.46. The molecular formula is C20H15NOSe2. The van der Waals surface area contributed by atoms with Gasteiger partial charge in [-0.15, -0.1) is 0 Å². The van der Waals surface area contributed by atoms with Gasteiger partial charge in [-0.05, 0) is 0 Å². The molecule has 0 amide bonds. The van der Waals surface area contributed by atoms with Crippen LogP contribution in [-0.2, 0) is 5.32 Å². The van der Waals surface area contributed by atoms with E-state index in [0.717, 1.165) is 16.4 Å². The molecule has 2 nitrogen and oxygen atoms in total. The van der Waals surface area contributed by atoms with Crippen LogP contribution in [0.2, 0.25) is 0 Å². The average Bonchev–Trinajstić information content (AvgIpc) is 2.98. The second kappa shape index (κ2) is 6.96. The fraction of sp³-hybridized carbons (Fsp3) is 0.0500. The van der Waals surface area contributed by atoms with Gasteiger partial charge in [-0.1, -0.05) is 0 Å². The van der Waals surface area contributed by atoms with Crippen LogP contribution in [0.5, 0.6) is 0 Å². The fourth-order valence-electron chi connectivity index (χ4n) is 2.56. The zero-order chi connectivity index (χ0) is 16.4. The van der Waals surface area contributed by atoms with Crippen molar-refractivity contribution in [2.24, 2.45) is 0 Å². The predicted octanol–water partition coefficient (Wildman–Crippen LogP) is 2.58. The third-order valence-electron chi connectivity index (χ3n) is 3.81. The van der Waals surface area contributed by atoms with Crippen LogP contribution in [0.4, 0.5) is 0 Å². The molecule has 0 saturated heterocycles. The molecule has 0 radical (unpaired) electrons. The summed E-state index contributed by atoms with van der Waals surface area (Å²) in [6.45, 7) is 0. The predicted molar refractivity (Wildman–Crippen MR) is 102 cm³/mol. The van der Waals surface area contributed by atoms with Crippen LogP contribution in [0.15, 0.2) is 83.7 Å². The Kier molecular flexibility index (Phi) is 4.55. The number of hydrogen-bond donors (Lipinski definition) is 0. The van der Waals surface area contributed by atoms with Crippen molar-refractivity contribution in [3.05, 3.63) is 94.8 Å². The Morgan fingerprint density at radius 2 is 1.54 bits per heavy atom. The average molecular weight is 443 g/mol. The molecule has 0 bridgehead atoms. The van der Waals surface area contributed by atoms with E-state index in [2.05, 4.69) is 60.7 Å². The van der Waals surface area contributed by atoms with E-state index in [0.29, 0.717) is 15.0 Å². The van der Waals surface area contributed by atoms with Gasteiger partial charge in [-0.3, -0.25) is 0 Å². The number of hydrogen-bond acceptors (Lipinski definition) is 1. The van der Waals surface area contributed by atoms with Crippen molar-refractivity contribution >= 4 is 43.8 Å². The maximum absolute atomic E-state index is 12.5. The van der Waals surface area contributed by atoms with Gasteiger partial charge in [-0.25, -0.2) is 0 Å². The van der Waals surface area contributed by atoms with E-state index in [1.54, 1.807) is 0 Å². The van der Waals surface area contributed by atoms with Gasteiger partial charge in [0.2, 0.25) is 0 Å². The Balaban J connectivity index is 1.57. The Labute approximate surface area is 152 Å². The van der Waals surface area contributed by atoms with Crippen molar-refractivity contribution in [2.75, 3.05) is 0 Å². The summed E-state index contributed by atoms with van der Waals surface area (Å²) in [5.74, 6) is 0. The van der Waals surface area contributed by atoms with Crippen molar-refractivity contribution < 1.29 is 0 Å². The van der Waals surface area contributed by atoms with Crippen molar-refractivity contribution in [3.63, 3.8) is 0 Å². The van der Waals surface area contributed by atoms with Crippen LogP contribution >= 0.6 is 0 Å². The Hall–Kier alpha value is -1.83. The third-order valence-corrected chi connectivity index (χ3v) is 8.42. The van der Waals surface area contributed by atoms with E-state index in [4.69, 9.17) is 0 Å². The van der Waals surface area contributed by atoms with E-state index in [9.17, 15) is 4.79 Å². The topological polar surface area (TPSA) is 22.0 Å². The van der Waals surface area contributed by atoms with E-state index in [1.165, 1.54) is 14.3 Å². The summed E-state index contributed by atoms with van der Waals surface area (Å²) in [6, 6.07) is 27.0. The molecule has 118 valence electrons. The Bertz CT molecular complexity index is 1020. The summed E-state index contributed by atoms with van der Waals surface area (Å²) in [5.41, 5.74) is 2.53. The molecule has 0 aliphatic carbocycles. The number of rotatable bonds is 4. The van der Waals surface area contributed by atoms with Crippen LogP contribution in [0.1, 0.15) is 5.56 Å². The summed E-state index contributed by atoms with van der Waals surface area (Å²) >= 11 is 0.466. The van der Waals surface area contributed by atoms with Crippen LogP contribution in [0.3, 0.4) is 0 Å². The van der Waals surface area contributed by atoms with E-state index in [-0.39, 0.29) is 20.3 Å². The van der Waals surface area contributed by atoms with E-state index in [1.807, 2.05) is 21.8 Å². The van der Waals surface area contributed by atoms with Crippen molar-refractivity contribution in [1.29, 1.82) is 0 Å². The summed E-state index contributed by atoms with van der Waals surface area (Å²) < 4.78 is 4.46. The quantitative estimate of drug-likeness (QED) is 0.445. The number of benzene rings is 3. The molecule has 0 aliphatic heterocycles. The molecule has 1 heterocycles. The van der Waals surface area contributed by atoms with Gasteiger partial charge in [0, 0.05) is 0 Å². The third kappa shape index (κ3) is 3.19. The van der Waals surface area contributed by atoms with E-state index < -0.39 is 0 Å². The summed E-state index contributed by atoms with van der Waals surface area (Å²) in [5, 5.41) is 1.96. The van der Waals surface area contributed by atoms with Gasteiger partial charge in [0.15, 0.2) is 0 Å². The van der Waals surface area contributed by atoms with Crippen molar-refractivity contribution in [1.82, 2.24) is 3.56 Å². The number of fused-ring (bicyclic) bond motifs is 1. The normalized spacial score (nSPS) is 11.0. The molecule has 0 N–H and O–H groups in total. The number of nitrogens with zero attached hydrogens (tertiary/aromatic N) is 1. The van der Waals surface area contributed by atoms with Crippen LogP contribution in [-0.4, -0.2) is 33.3 Å². The van der Waals surface area contributed by atoms with Gasteiger partial charge in [0.1, 0.15) is 0 Å². The minimum absolute atomic E-state index is 0.0460. The first-order chi connectivity index (χ1) is 11.8. The molecule has 0 saturated carbocycles. The molecule has 4 aromatic rings. The molecular weight excluding hydrogens is 428 g/mol. The molecule has 0 spiro atoms. The fourth-order valence-corrected chi connectivity index (χ4v) is 6.45. The molecule has 24 heavy (non-hydrogen) atoms. The number of aromatic nitrogens is 1. The first-order valence-electron chi connectivity index (χ1n) is 7.69. The molecule has 0 aliphatic rings. The van der Waals surface area contributed by atoms with Gasteiger partial charge in [0.25, 0.3) is 0 Å². The van der Waals surface area contributed by atoms with Crippen LogP contribution in [0.25, 0.3) is 15.3 Å².